The third kappa shape index (κ3) is 9.73. The molecule has 3 nitrogen and oxygen atoms in total. The Morgan fingerprint density at radius 1 is 1.27 bits per heavy atom. The molecule has 90 valence electrons. The van der Waals surface area contributed by atoms with Crippen molar-refractivity contribution >= 4 is 5.97 Å². The summed E-state index contributed by atoms with van der Waals surface area (Å²) in [5.41, 5.74) is 0. The maximum absolute atomic E-state index is 11.2. The van der Waals surface area contributed by atoms with Crippen LogP contribution in [-0.2, 0) is 9.53 Å². The number of rotatable bonds is 8. The highest BCUT2D eigenvalue weighted by atomic mass is 16.5. The molecule has 2 atom stereocenters. The van der Waals surface area contributed by atoms with Crippen molar-refractivity contribution < 1.29 is 14.6 Å². The van der Waals surface area contributed by atoms with Crippen LogP contribution < -0.4 is 0 Å². The van der Waals surface area contributed by atoms with Crippen molar-refractivity contribution in [2.24, 2.45) is 0 Å². The Bertz CT molecular complexity index is 166. The van der Waals surface area contributed by atoms with Gasteiger partial charge in [-0.3, -0.25) is 4.79 Å². The maximum Gasteiger partial charge on any atom is 0.308 e. The van der Waals surface area contributed by atoms with Gasteiger partial charge >= 0.3 is 5.97 Å². The third-order valence-corrected chi connectivity index (χ3v) is 2.26. The molecule has 2 unspecified atom stereocenters. The standard InChI is InChI=1S/C12H24O3/c1-4-5-6-7-8-11(3)15-12(14)9-10(2)13/h10-11,13H,4-9H2,1-3H3. The molecule has 0 aromatic rings. The second-order valence-electron chi connectivity index (χ2n) is 4.20. The van der Waals surface area contributed by atoms with E-state index in [1.807, 2.05) is 6.92 Å². The molecular formula is C12H24O3. The quantitative estimate of drug-likeness (QED) is 0.501. The van der Waals surface area contributed by atoms with E-state index in [4.69, 9.17) is 9.84 Å². The molecule has 0 spiro atoms. The van der Waals surface area contributed by atoms with Gasteiger partial charge in [0.25, 0.3) is 0 Å². The van der Waals surface area contributed by atoms with Crippen LogP contribution in [0.1, 0.15) is 59.3 Å². The van der Waals surface area contributed by atoms with Gasteiger partial charge in [-0.05, 0) is 26.7 Å². The van der Waals surface area contributed by atoms with Crippen LogP contribution in [0.25, 0.3) is 0 Å². The summed E-state index contributed by atoms with van der Waals surface area (Å²) >= 11 is 0. The van der Waals surface area contributed by atoms with Gasteiger partial charge in [0.1, 0.15) is 0 Å². The Kier molecular flexibility index (Phi) is 8.38. The molecule has 15 heavy (non-hydrogen) atoms. The van der Waals surface area contributed by atoms with Crippen LogP contribution >= 0.6 is 0 Å². The van der Waals surface area contributed by atoms with E-state index in [1.54, 1.807) is 6.92 Å². The number of carbonyl (C=O) groups excluding carboxylic acids is 1. The van der Waals surface area contributed by atoms with E-state index in [-0.39, 0.29) is 18.5 Å². The molecular weight excluding hydrogens is 192 g/mol. The molecule has 3 heteroatoms. The fourth-order valence-corrected chi connectivity index (χ4v) is 1.43. The monoisotopic (exact) mass is 216 g/mol. The summed E-state index contributed by atoms with van der Waals surface area (Å²) in [5.74, 6) is -0.298. The van der Waals surface area contributed by atoms with Crippen molar-refractivity contribution in [1.82, 2.24) is 0 Å². The molecule has 0 rings (SSSR count). The Labute approximate surface area is 92.8 Å². The molecule has 0 aliphatic heterocycles. The average Bonchev–Trinajstić information content (AvgIpc) is 2.10. The molecule has 0 fully saturated rings. The van der Waals surface area contributed by atoms with Crippen LogP contribution in [0.4, 0.5) is 0 Å². The molecule has 0 bridgehead atoms. The summed E-state index contributed by atoms with van der Waals surface area (Å²) < 4.78 is 5.14. The number of unbranched alkanes of at least 4 members (excludes halogenated alkanes) is 3. The minimum absolute atomic E-state index is 0.0203. The van der Waals surface area contributed by atoms with Crippen LogP contribution in [0.5, 0.6) is 0 Å². The zero-order chi connectivity index (χ0) is 11.7. The minimum atomic E-state index is -0.607. The lowest BCUT2D eigenvalue weighted by Crippen LogP contribution is -2.18. The Hall–Kier alpha value is -0.570. The summed E-state index contributed by atoms with van der Waals surface area (Å²) in [6.07, 6.45) is 5.17. The molecule has 0 saturated carbocycles. The second-order valence-corrected chi connectivity index (χ2v) is 4.20. The lowest BCUT2D eigenvalue weighted by molar-refractivity contribution is -0.150. The van der Waals surface area contributed by atoms with E-state index in [0.717, 1.165) is 12.8 Å². The first-order valence-electron chi connectivity index (χ1n) is 5.93. The normalized spacial score (nSPS) is 14.7. The third-order valence-electron chi connectivity index (χ3n) is 2.26. The van der Waals surface area contributed by atoms with Crippen molar-refractivity contribution in [3.8, 4) is 0 Å². The van der Waals surface area contributed by atoms with Crippen molar-refractivity contribution in [3.05, 3.63) is 0 Å². The molecule has 0 saturated heterocycles. The van der Waals surface area contributed by atoms with E-state index in [2.05, 4.69) is 6.92 Å². The number of carbonyl (C=O) groups is 1. The smallest absolute Gasteiger partial charge is 0.308 e. The van der Waals surface area contributed by atoms with Crippen molar-refractivity contribution in [2.75, 3.05) is 0 Å². The molecule has 0 aliphatic carbocycles. The van der Waals surface area contributed by atoms with E-state index < -0.39 is 6.10 Å². The summed E-state index contributed by atoms with van der Waals surface area (Å²) in [4.78, 5) is 11.2. The molecule has 0 amide bonds. The number of aliphatic hydroxyl groups is 1. The van der Waals surface area contributed by atoms with Gasteiger partial charge in [0, 0.05) is 0 Å². The van der Waals surface area contributed by atoms with Crippen molar-refractivity contribution in [2.45, 2.75) is 71.5 Å². The molecule has 0 radical (unpaired) electrons. The van der Waals surface area contributed by atoms with Gasteiger partial charge in [0.15, 0.2) is 0 Å². The van der Waals surface area contributed by atoms with Gasteiger partial charge < -0.3 is 9.84 Å². The number of hydrogen-bond donors (Lipinski definition) is 1. The topological polar surface area (TPSA) is 46.5 Å². The van der Waals surface area contributed by atoms with Crippen LogP contribution in [0, 0.1) is 0 Å². The van der Waals surface area contributed by atoms with Crippen LogP contribution in [0.15, 0.2) is 0 Å². The lowest BCUT2D eigenvalue weighted by atomic mass is 10.1. The van der Waals surface area contributed by atoms with Crippen molar-refractivity contribution in [1.29, 1.82) is 0 Å². The molecule has 0 aromatic heterocycles. The molecule has 0 heterocycles. The highest BCUT2D eigenvalue weighted by molar-refractivity contribution is 5.70. The predicted molar refractivity (Wildman–Crippen MR) is 60.6 cm³/mol. The number of ether oxygens (including phenoxy) is 1. The zero-order valence-electron chi connectivity index (χ0n) is 10.2. The van der Waals surface area contributed by atoms with Crippen LogP contribution in [-0.4, -0.2) is 23.3 Å². The summed E-state index contributed by atoms with van der Waals surface area (Å²) in [7, 11) is 0. The number of hydrogen-bond acceptors (Lipinski definition) is 3. The van der Waals surface area contributed by atoms with E-state index in [1.165, 1.54) is 19.3 Å². The van der Waals surface area contributed by atoms with Gasteiger partial charge in [-0.15, -0.1) is 0 Å². The fraction of sp³-hybridized carbons (Fsp3) is 0.917. The molecule has 0 aliphatic rings. The summed E-state index contributed by atoms with van der Waals surface area (Å²) in [6, 6.07) is 0. The van der Waals surface area contributed by atoms with Crippen LogP contribution in [0.2, 0.25) is 0 Å². The maximum atomic E-state index is 11.2. The van der Waals surface area contributed by atoms with Gasteiger partial charge in [-0.2, -0.15) is 0 Å². The first kappa shape index (κ1) is 14.4. The second kappa shape index (κ2) is 8.72. The largest absolute Gasteiger partial charge is 0.463 e. The summed E-state index contributed by atoms with van der Waals surface area (Å²) in [5, 5.41) is 8.98. The van der Waals surface area contributed by atoms with Gasteiger partial charge in [0.2, 0.25) is 0 Å². The Morgan fingerprint density at radius 2 is 1.93 bits per heavy atom. The molecule has 0 aromatic carbocycles. The SMILES string of the molecule is CCCCCCC(C)OC(=O)CC(C)O. The van der Waals surface area contributed by atoms with Crippen LogP contribution in [0.3, 0.4) is 0 Å². The predicted octanol–water partition coefficient (Wildman–Crippen LogP) is 2.66. The minimum Gasteiger partial charge on any atom is -0.463 e. The van der Waals surface area contributed by atoms with E-state index in [0.29, 0.717) is 0 Å². The highest BCUT2D eigenvalue weighted by Crippen LogP contribution is 2.09. The lowest BCUT2D eigenvalue weighted by Gasteiger charge is -2.13. The number of esters is 1. The summed E-state index contributed by atoms with van der Waals surface area (Å²) in [6.45, 7) is 5.67. The highest BCUT2D eigenvalue weighted by Gasteiger charge is 2.11. The molecule has 1 N–H and O–H groups in total. The zero-order valence-corrected chi connectivity index (χ0v) is 10.2. The fourth-order valence-electron chi connectivity index (χ4n) is 1.43. The van der Waals surface area contributed by atoms with E-state index in [9.17, 15) is 4.79 Å². The van der Waals surface area contributed by atoms with Gasteiger partial charge in [-0.25, -0.2) is 0 Å². The van der Waals surface area contributed by atoms with Crippen molar-refractivity contribution in [3.63, 3.8) is 0 Å². The Morgan fingerprint density at radius 3 is 2.47 bits per heavy atom. The van der Waals surface area contributed by atoms with Gasteiger partial charge in [-0.1, -0.05) is 26.2 Å². The Balaban J connectivity index is 3.46. The van der Waals surface area contributed by atoms with Gasteiger partial charge in [0.05, 0.1) is 18.6 Å². The first-order chi connectivity index (χ1) is 7.06. The first-order valence-corrected chi connectivity index (χ1v) is 5.93. The van der Waals surface area contributed by atoms with E-state index >= 15 is 0 Å². The number of aliphatic hydroxyl groups excluding tert-OH is 1. The average molecular weight is 216 g/mol.